The van der Waals surface area contributed by atoms with Crippen molar-refractivity contribution in [2.45, 2.75) is 39.8 Å². The second-order valence-corrected chi connectivity index (χ2v) is 6.22. The Balaban J connectivity index is 2.07. The molecular formula is C17H23NS. The lowest BCUT2D eigenvalue weighted by molar-refractivity contribution is 0.416. The fourth-order valence-corrected chi connectivity index (χ4v) is 3.40. The fourth-order valence-electron chi connectivity index (χ4n) is 2.43. The predicted molar refractivity (Wildman–Crippen MR) is 84.6 cm³/mol. The summed E-state index contributed by atoms with van der Waals surface area (Å²) < 4.78 is 0. The Morgan fingerprint density at radius 1 is 1.05 bits per heavy atom. The van der Waals surface area contributed by atoms with E-state index in [0.29, 0.717) is 12.0 Å². The van der Waals surface area contributed by atoms with Gasteiger partial charge in [0.05, 0.1) is 0 Å². The molecule has 0 fully saturated rings. The minimum atomic E-state index is 0.449. The number of aryl methyl sites for hydroxylation is 1. The summed E-state index contributed by atoms with van der Waals surface area (Å²) in [4.78, 5) is 1.43. The van der Waals surface area contributed by atoms with Crippen LogP contribution in [-0.2, 0) is 13.0 Å². The van der Waals surface area contributed by atoms with Gasteiger partial charge in [-0.1, -0.05) is 51.1 Å². The molecule has 1 heterocycles. The van der Waals surface area contributed by atoms with Crippen molar-refractivity contribution >= 4 is 11.3 Å². The standard InChI is InChI=1S/C17H23NS/c1-4-14-8-5-6-9-15(14)12-18-17(13(2)3)16-10-7-11-19-16/h5-11,13,17-18H,4,12H2,1-3H3. The monoisotopic (exact) mass is 273 g/mol. The Bertz CT molecular complexity index is 488. The van der Waals surface area contributed by atoms with E-state index in [1.165, 1.54) is 16.0 Å². The van der Waals surface area contributed by atoms with Crippen LogP contribution in [0.25, 0.3) is 0 Å². The largest absolute Gasteiger partial charge is 0.305 e. The van der Waals surface area contributed by atoms with E-state index in [1.807, 2.05) is 11.3 Å². The van der Waals surface area contributed by atoms with Crippen molar-refractivity contribution in [2.24, 2.45) is 5.92 Å². The molecule has 0 aliphatic heterocycles. The first kappa shape index (κ1) is 14.3. The van der Waals surface area contributed by atoms with E-state index in [0.717, 1.165) is 13.0 Å². The van der Waals surface area contributed by atoms with E-state index >= 15 is 0 Å². The first-order valence-corrected chi connectivity index (χ1v) is 7.94. The maximum absolute atomic E-state index is 3.72. The van der Waals surface area contributed by atoms with Crippen LogP contribution in [0, 0.1) is 5.92 Å². The normalized spacial score (nSPS) is 12.8. The summed E-state index contributed by atoms with van der Waals surface area (Å²) in [5.74, 6) is 0.604. The SMILES string of the molecule is CCc1ccccc1CNC(c1cccs1)C(C)C. The minimum absolute atomic E-state index is 0.449. The molecule has 0 spiro atoms. The van der Waals surface area contributed by atoms with Crippen LogP contribution in [0.2, 0.25) is 0 Å². The Hall–Kier alpha value is -1.12. The summed E-state index contributed by atoms with van der Waals surface area (Å²) >= 11 is 1.84. The van der Waals surface area contributed by atoms with E-state index in [4.69, 9.17) is 0 Å². The number of hydrogen-bond acceptors (Lipinski definition) is 2. The highest BCUT2D eigenvalue weighted by Crippen LogP contribution is 2.26. The number of benzene rings is 1. The van der Waals surface area contributed by atoms with Crippen molar-refractivity contribution in [1.82, 2.24) is 5.32 Å². The highest BCUT2D eigenvalue weighted by molar-refractivity contribution is 7.10. The summed E-state index contributed by atoms with van der Waals surface area (Å²) in [6.45, 7) is 7.73. The first-order valence-electron chi connectivity index (χ1n) is 7.06. The molecule has 0 aliphatic rings. The average Bonchev–Trinajstić information content (AvgIpc) is 2.93. The van der Waals surface area contributed by atoms with Crippen LogP contribution in [0.4, 0.5) is 0 Å². The van der Waals surface area contributed by atoms with Gasteiger partial charge < -0.3 is 5.32 Å². The molecule has 0 aliphatic carbocycles. The Kier molecular flexibility index (Phi) is 5.17. The van der Waals surface area contributed by atoms with Crippen LogP contribution in [0.15, 0.2) is 41.8 Å². The summed E-state index contributed by atoms with van der Waals surface area (Å²) in [5, 5.41) is 5.88. The molecule has 1 aromatic carbocycles. The molecule has 2 heteroatoms. The zero-order valence-corrected chi connectivity index (χ0v) is 12.8. The van der Waals surface area contributed by atoms with E-state index in [9.17, 15) is 0 Å². The van der Waals surface area contributed by atoms with Crippen molar-refractivity contribution in [3.63, 3.8) is 0 Å². The molecule has 0 bridgehead atoms. The summed E-state index contributed by atoms with van der Waals surface area (Å²) in [6, 6.07) is 13.5. The number of rotatable bonds is 6. The number of hydrogen-bond donors (Lipinski definition) is 1. The van der Waals surface area contributed by atoms with Crippen LogP contribution in [-0.4, -0.2) is 0 Å². The molecule has 0 saturated carbocycles. The van der Waals surface area contributed by atoms with Gasteiger partial charge in [0.2, 0.25) is 0 Å². The molecule has 2 aromatic rings. The van der Waals surface area contributed by atoms with Crippen LogP contribution in [0.3, 0.4) is 0 Å². The highest BCUT2D eigenvalue weighted by atomic mass is 32.1. The topological polar surface area (TPSA) is 12.0 Å². The molecule has 19 heavy (non-hydrogen) atoms. The fraction of sp³-hybridized carbons (Fsp3) is 0.412. The molecule has 1 unspecified atom stereocenters. The van der Waals surface area contributed by atoms with Crippen LogP contribution < -0.4 is 5.32 Å². The maximum Gasteiger partial charge on any atom is 0.0440 e. The molecule has 0 saturated heterocycles. The van der Waals surface area contributed by atoms with Gasteiger partial charge >= 0.3 is 0 Å². The van der Waals surface area contributed by atoms with E-state index in [2.05, 4.69) is 67.9 Å². The quantitative estimate of drug-likeness (QED) is 0.797. The molecule has 1 aromatic heterocycles. The smallest absolute Gasteiger partial charge is 0.0440 e. The van der Waals surface area contributed by atoms with Crippen molar-refractivity contribution < 1.29 is 0 Å². The van der Waals surface area contributed by atoms with Gasteiger partial charge in [-0.05, 0) is 34.9 Å². The maximum atomic E-state index is 3.72. The van der Waals surface area contributed by atoms with Crippen molar-refractivity contribution in [1.29, 1.82) is 0 Å². The van der Waals surface area contributed by atoms with Gasteiger partial charge in [0.1, 0.15) is 0 Å². The van der Waals surface area contributed by atoms with E-state index in [1.54, 1.807) is 0 Å². The third-order valence-electron chi connectivity index (χ3n) is 3.53. The zero-order chi connectivity index (χ0) is 13.7. The van der Waals surface area contributed by atoms with E-state index < -0.39 is 0 Å². The van der Waals surface area contributed by atoms with Gasteiger partial charge in [-0.2, -0.15) is 0 Å². The number of thiophene rings is 1. The van der Waals surface area contributed by atoms with Crippen LogP contribution in [0.1, 0.15) is 42.8 Å². The lowest BCUT2D eigenvalue weighted by atomic mass is 10.0. The predicted octanol–water partition coefficient (Wildman–Crippen LogP) is 4.80. The molecule has 2 rings (SSSR count). The molecule has 0 amide bonds. The second-order valence-electron chi connectivity index (χ2n) is 5.24. The third kappa shape index (κ3) is 3.68. The van der Waals surface area contributed by atoms with Gasteiger partial charge in [-0.25, -0.2) is 0 Å². The van der Waals surface area contributed by atoms with Gasteiger partial charge in [0, 0.05) is 17.5 Å². The molecule has 0 radical (unpaired) electrons. The molecule has 1 atom stereocenters. The molecular weight excluding hydrogens is 250 g/mol. The summed E-state index contributed by atoms with van der Waals surface area (Å²) in [6.07, 6.45) is 1.10. The Labute approximate surface area is 120 Å². The van der Waals surface area contributed by atoms with Crippen LogP contribution >= 0.6 is 11.3 Å². The minimum Gasteiger partial charge on any atom is -0.305 e. The van der Waals surface area contributed by atoms with Crippen molar-refractivity contribution in [3.8, 4) is 0 Å². The lowest BCUT2D eigenvalue weighted by Crippen LogP contribution is -2.25. The molecule has 102 valence electrons. The van der Waals surface area contributed by atoms with Gasteiger partial charge in [0.15, 0.2) is 0 Å². The van der Waals surface area contributed by atoms with Crippen LogP contribution in [0.5, 0.6) is 0 Å². The van der Waals surface area contributed by atoms with Crippen molar-refractivity contribution in [2.75, 3.05) is 0 Å². The highest BCUT2D eigenvalue weighted by Gasteiger charge is 2.16. The Morgan fingerprint density at radius 2 is 1.79 bits per heavy atom. The lowest BCUT2D eigenvalue weighted by Gasteiger charge is -2.22. The van der Waals surface area contributed by atoms with Crippen molar-refractivity contribution in [3.05, 3.63) is 57.8 Å². The van der Waals surface area contributed by atoms with Gasteiger partial charge in [-0.3, -0.25) is 0 Å². The Morgan fingerprint density at radius 3 is 2.37 bits per heavy atom. The van der Waals surface area contributed by atoms with E-state index in [-0.39, 0.29) is 0 Å². The van der Waals surface area contributed by atoms with Gasteiger partial charge in [0.25, 0.3) is 0 Å². The molecule has 1 N–H and O–H groups in total. The zero-order valence-electron chi connectivity index (χ0n) is 12.0. The average molecular weight is 273 g/mol. The summed E-state index contributed by atoms with van der Waals surface area (Å²) in [7, 11) is 0. The summed E-state index contributed by atoms with van der Waals surface area (Å²) in [5.41, 5.74) is 2.87. The van der Waals surface area contributed by atoms with Gasteiger partial charge in [-0.15, -0.1) is 11.3 Å². The first-order chi connectivity index (χ1) is 9.22. The number of nitrogens with one attached hydrogen (secondary N) is 1. The second kappa shape index (κ2) is 6.88. The third-order valence-corrected chi connectivity index (χ3v) is 4.48. The molecule has 1 nitrogen and oxygen atoms in total.